The second-order valence-electron chi connectivity index (χ2n) is 7.96. The Morgan fingerprint density at radius 2 is 1.97 bits per heavy atom. The van der Waals surface area contributed by atoms with Gasteiger partial charge in [0.2, 0.25) is 15.9 Å². The first-order chi connectivity index (χ1) is 14.7. The van der Waals surface area contributed by atoms with E-state index in [0.717, 1.165) is 16.3 Å². The van der Waals surface area contributed by atoms with Crippen LogP contribution in [0.15, 0.2) is 41.3 Å². The summed E-state index contributed by atoms with van der Waals surface area (Å²) >= 11 is 0. The largest absolute Gasteiger partial charge is 0.479 e. The molecule has 2 aliphatic heterocycles. The van der Waals surface area contributed by atoms with Crippen molar-refractivity contribution in [3.8, 4) is 5.75 Å². The van der Waals surface area contributed by atoms with Crippen LogP contribution in [-0.4, -0.2) is 55.7 Å². The topological polar surface area (TPSA) is 96.0 Å². The molecule has 4 rings (SSSR count). The average molecular weight is 444 g/mol. The van der Waals surface area contributed by atoms with Gasteiger partial charge in [-0.3, -0.25) is 9.59 Å². The third-order valence-corrected chi connectivity index (χ3v) is 7.68. The fraction of sp³-hybridized carbons (Fsp3) is 0.364. The standard InChI is InChI=1S/C22H25N3O5S/c1-14-10-18-19(30-15(2)22(27)23-18)11-20(14)31(28,29)24(3)13-21(26)25-9-8-16-6-4-5-7-17(16)12-25/h4-7,10-11,15H,8-9,12-13H2,1-3H3,(H,23,27)/t15-/m0/s1. The van der Waals surface area contributed by atoms with E-state index in [4.69, 9.17) is 4.74 Å². The number of nitrogens with zero attached hydrogens (tertiary/aromatic N) is 2. The maximum absolute atomic E-state index is 13.2. The van der Waals surface area contributed by atoms with E-state index in [1.807, 2.05) is 18.2 Å². The van der Waals surface area contributed by atoms with Gasteiger partial charge in [0, 0.05) is 26.2 Å². The van der Waals surface area contributed by atoms with E-state index in [1.54, 1.807) is 24.8 Å². The van der Waals surface area contributed by atoms with Crippen LogP contribution in [0, 0.1) is 6.92 Å². The first-order valence-electron chi connectivity index (χ1n) is 10.1. The highest BCUT2D eigenvalue weighted by Gasteiger charge is 2.31. The van der Waals surface area contributed by atoms with Crippen LogP contribution >= 0.6 is 0 Å². The lowest BCUT2D eigenvalue weighted by molar-refractivity contribution is -0.132. The third-order valence-electron chi connectivity index (χ3n) is 5.74. The SMILES string of the molecule is Cc1cc2c(cc1S(=O)(=O)N(C)CC(=O)N1CCc3ccccc3C1)O[C@@H](C)C(=O)N2. The summed E-state index contributed by atoms with van der Waals surface area (Å²) < 4.78 is 33.0. The van der Waals surface area contributed by atoms with Crippen LogP contribution in [0.25, 0.3) is 0 Å². The molecule has 0 bridgehead atoms. The van der Waals surface area contributed by atoms with Crippen molar-refractivity contribution < 1.29 is 22.7 Å². The van der Waals surface area contributed by atoms with E-state index >= 15 is 0 Å². The lowest BCUT2D eigenvalue weighted by Crippen LogP contribution is -2.43. The lowest BCUT2D eigenvalue weighted by atomic mass is 10.00. The molecular weight excluding hydrogens is 418 g/mol. The van der Waals surface area contributed by atoms with E-state index in [2.05, 4.69) is 11.4 Å². The molecule has 31 heavy (non-hydrogen) atoms. The zero-order valence-electron chi connectivity index (χ0n) is 17.7. The summed E-state index contributed by atoms with van der Waals surface area (Å²) in [6, 6.07) is 10.9. The number of amides is 2. The van der Waals surface area contributed by atoms with Crippen molar-refractivity contribution in [2.24, 2.45) is 0 Å². The molecule has 0 radical (unpaired) electrons. The molecule has 2 aromatic rings. The summed E-state index contributed by atoms with van der Waals surface area (Å²) in [5, 5.41) is 2.71. The minimum Gasteiger partial charge on any atom is -0.479 e. The summed E-state index contributed by atoms with van der Waals surface area (Å²) in [7, 11) is -2.54. The van der Waals surface area contributed by atoms with Crippen molar-refractivity contribution in [3.05, 3.63) is 53.1 Å². The second-order valence-corrected chi connectivity index (χ2v) is 9.97. The molecule has 2 amide bonds. The van der Waals surface area contributed by atoms with Crippen LogP contribution in [0.1, 0.15) is 23.6 Å². The molecule has 1 atom stereocenters. The molecule has 9 heteroatoms. The van der Waals surface area contributed by atoms with Crippen molar-refractivity contribution in [1.82, 2.24) is 9.21 Å². The first kappa shape index (κ1) is 21.3. The zero-order chi connectivity index (χ0) is 22.3. The maximum Gasteiger partial charge on any atom is 0.265 e. The van der Waals surface area contributed by atoms with Gasteiger partial charge in [-0.25, -0.2) is 8.42 Å². The summed E-state index contributed by atoms with van der Waals surface area (Å²) in [6.07, 6.45) is 0.0378. The van der Waals surface area contributed by atoms with Gasteiger partial charge in [-0.1, -0.05) is 24.3 Å². The van der Waals surface area contributed by atoms with E-state index in [1.165, 1.54) is 18.7 Å². The Morgan fingerprint density at radius 3 is 2.71 bits per heavy atom. The number of hydrogen-bond donors (Lipinski definition) is 1. The van der Waals surface area contributed by atoms with Crippen molar-refractivity contribution in [2.75, 3.05) is 25.5 Å². The quantitative estimate of drug-likeness (QED) is 0.779. The number of carbonyl (C=O) groups excluding carboxylic acids is 2. The molecule has 0 fully saturated rings. The summed E-state index contributed by atoms with van der Waals surface area (Å²) in [5.74, 6) is -0.231. The predicted molar refractivity (Wildman–Crippen MR) is 115 cm³/mol. The number of nitrogens with one attached hydrogen (secondary N) is 1. The number of likely N-dealkylation sites (N-methyl/N-ethyl adjacent to an activating group) is 1. The molecule has 0 spiro atoms. The van der Waals surface area contributed by atoms with Gasteiger partial charge in [-0.15, -0.1) is 0 Å². The van der Waals surface area contributed by atoms with E-state index < -0.39 is 16.1 Å². The maximum atomic E-state index is 13.2. The Hall–Kier alpha value is -2.91. The normalized spacial score (nSPS) is 18.1. The number of rotatable bonds is 4. The molecule has 0 unspecified atom stereocenters. The molecule has 164 valence electrons. The molecular formula is C22H25N3O5S. The Kier molecular flexibility index (Phi) is 5.49. The van der Waals surface area contributed by atoms with E-state index in [-0.39, 0.29) is 23.3 Å². The van der Waals surface area contributed by atoms with Crippen LogP contribution in [-0.2, 0) is 32.6 Å². The highest BCUT2D eigenvalue weighted by atomic mass is 32.2. The van der Waals surface area contributed by atoms with Crippen LogP contribution < -0.4 is 10.1 Å². The highest BCUT2D eigenvalue weighted by Crippen LogP contribution is 2.35. The van der Waals surface area contributed by atoms with Crippen LogP contribution in [0.2, 0.25) is 0 Å². The minimum absolute atomic E-state index is 0.0499. The number of anilines is 1. The van der Waals surface area contributed by atoms with Gasteiger partial charge >= 0.3 is 0 Å². The lowest BCUT2D eigenvalue weighted by Gasteiger charge is -2.30. The highest BCUT2D eigenvalue weighted by molar-refractivity contribution is 7.89. The van der Waals surface area contributed by atoms with Crippen molar-refractivity contribution >= 4 is 27.5 Å². The van der Waals surface area contributed by atoms with Gasteiger partial charge in [0.15, 0.2) is 6.10 Å². The molecule has 0 saturated carbocycles. The van der Waals surface area contributed by atoms with E-state index in [9.17, 15) is 18.0 Å². The Bertz CT molecular complexity index is 1160. The van der Waals surface area contributed by atoms with Gasteiger partial charge in [0.25, 0.3) is 5.91 Å². The number of fused-ring (bicyclic) bond motifs is 2. The smallest absolute Gasteiger partial charge is 0.265 e. The van der Waals surface area contributed by atoms with Crippen molar-refractivity contribution in [1.29, 1.82) is 0 Å². The fourth-order valence-electron chi connectivity index (χ4n) is 3.87. The Morgan fingerprint density at radius 1 is 1.26 bits per heavy atom. The fourth-order valence-corrected chi connectivity index (χ4v) is 5.21. The number of benzene rings is 2. The summed E-state index contributed by atoms with van der Waals surface area (Å²) in [6.45, 7) is 4.02. The Labute approximate surface area is 181 Å². The molecule has 2 heterocycles. The summed E-state index contributed by atoms with van der Waals surface area (Å²) in [4.78, 5) is 26.4. The molecule has 0 saturated heterocycles. The second kappa shape index (κ2) is 7.97. The predicted octanol–water partition coefficient (Wildman–Crippen LogP) is 1.92. The number of carbonyl (C=O) groups is 2. The monoisotopic (exact) mass is 443 g/mol. The molecule has 2 aromatic carbocycles. The molecule has 0 aromatic heterocycles. The zero-order valence-corrected chi connectivity index (χ0v) is 18.5. The summed E-state index contributed by atoms with van der Waals surface area (Å²) in [5.41, 5.74) is 3.21. The average Bonchev–Trinajstić information content (AvgIpc) is 2.74. The van der Waals surface area contributed by atoms with Gasteiger partial charge in [0.1, 0.15) is 5.75 Å². The molecule has 8 nitrogen and oxygen atoms in total. The number of ether oxygens (including phenoxy) is 1. The molecule has 2 aliphatic rings. The van der Waals surface area contributed by atoms with Gasteiger partial charge in [-0.2, -0.15) is 4.31 Å². The molecule has 1 N–H and O–H groups in total. The van der Waals surface area contributed by atoms with Gasteiger partial charge in [-0.05, 0) is 43.0 Å². The molecule has 0 aliphatic carbocycles. The van der Waals surface area contributed by atoms with Crippen LogP contribution in [0.4, 0.5) is 5.69 Å². The van der Waals surface area contributed by atoms with Gasteiger partial charge in [0.05, 0.1) is 17.1 Å². The number of hydrogen-bond acceptors (Lipinski definition) is 5. The van der Waals surface area contributed by atoms with E-state index in [0.29, 0.717) is 30.1 Å². The Balaban J connectivity index is 1.52. The van der Waals surface area contributed by atoms with Crippen molar-refractivity contribution in [2.45, 2.75) is 37.8 Å². The van der Waals surface area contributed by atoms with Crippen LogP contribution in [0.5, 0.6) is 5.75 Å². The number of sulfonamides is 1. The third kappa shape index (κ3) is 4.03. The van der Waals surface area contributed by atoms with Gasteiger partial charge < -0.3 is 15.0 Å². The number of aryl methyl sites for hydroxylation is 1. The minimum atomic E-state index is -3.94. The first-order valence-corrected chi connectivity index (χ1v) is 11.5. The van der Waals surface area contributed by atoms with Crippen molar-refractivity contribution in [3.63, 3.8) is 0 Å². The van der Waals surface area contributed by atoms with Crippen LogP contribution in [0.3, 0.4) is 0 Å².